The first-order valence-corrected chi connectivity index (χ1v) is 7.91. The first-order chi connectivity index (χ1) is 11.5. The maximum atomic E-state index is 12.4. The van der Waals surface area contributed by atoms with Crippen LogP contribution in [0.4, 0.5) is 5.69 Å². The lowest BCUT2D eigenvalue weighted by molar-refractivity contribution is 0.102. The van der Waals surface area contributed by atoms with Crippen LogP contribution in [0.2, 0.25) is 0 Å². The molecule has 0 heterocycles. The minimum Gasteiger partial charge on any atom is -0.508 e. The number of carbonyl (C=O) groups is 1. The minimum absolute atomic E-state index is 0.167. The predicted molar refractivity (Wildman–Crippen MR) is 95.9 cm³/mol. The Balaban J connectivity index is 2.11. The van der Waals surface area contributed by atoms with Crippen molar-refractivity contribution in [2.24, 2.45) is 0 Å². The zero-order chi connectivity index (χ0) is 17.5. The van der Waals surface area contributed by atoms with Gasteiger partial charge in [-0.15, -0.1) is 0 Å². The lowest BCUT2D eigenvalue weighted by atomic mass is 10.0. The predicted octanol–water partition coefficient (Wildman–Crippen LogP) is 3.15. The number of carbonyl (C=O) groups excluding carboxylic acids is 1. The fourth-order valence-corrected chi connectivity index (χ4v) is 2.45. The van der Waals surface area contributed by atoms with Gasteiger partial charge in [0.1, 0.15) is 11.5 Å². The lowest BCUT2D eigenvalue weighted by Gasteiger charge is -2.13. The summed E-state index contributed by atoms with van der Waals surface area (Å²) in [6.07, 6.45) is 1.84. The van der Waals surface area contributed by atoms with Crippen molar-refractivity contribution in [3.63, 3.8) is 0 Å². The molecule has 0 spiro atoms. The van der Waals surface area contributed by atoms with Gasteiger partial charge in [-0.2, -0.15) is 0 Å². The maximum absolute atomic E-state index is 12.4. The van der Waals surface area contributed by atoms with Crippen molar-refractivity contribution >= 4 is 11.6 Å². The molecule has 0 saturated heterocycles. The van der Waals surface area contributed by atoms with Gasteiger partial charge in [0.25, 0.3) is 5.91 Å². The number of phenols is 1. The van der Waals surface area contributed by atoms with Crippen LogP contribution in [0.15, 0.2) is 42.5 Å². The Bertz CT molecular complexity index is 682. The zero-order valence-corrected chi connectivity index (χ0v) is 14.4. The van der Waals surface area contributed by atoms with Gasteiger partial charge in [-0.25, -0.2) is 0 Å². The summed E-state index contributed by atoms with van der Waals surface area (Å²) >= 11 is 0. The summed E-state index contributed by atoms with van der Waals surface area (Å²) in [5.74, 6) is 0.785. The molecule has 2 aromatic carbocycles. The maximum Gasteiger partial charge on any atom is 0.255 e. The molecule has 0 aliphatic carbocycles. The highest BCUT2D eigenvalue weighted by molar-refractivity contribution is 6.04. The summed E-state index contributed by atoms with van der Waals surface area (Å²) in [5.41, 5.74) is 2.25. The molecule has 0 bridgehead atoms. The number of hydrogen-bond donors (Lipinski definition) is 2. The van der Waals surface area contributed by atoms with E-state index in [-0.39, 0.29) is 11.7 Å². The highest BCUT2D eigenvalue weighted by Crippen LogP contribution is 2.22. The van der Waals surface area contributed by atoms with Crippen molar-refractivity contribution in [3.8, 4) is 11.5 Å². The number of anilines is 1. The molecule has 2 N–H and O–H groups in total. The van der Waals surface area contributed by atoms with Crippen molar-refractivity contribution in [1.82, 2.24) is 4.90 Å². The standard InChI is InChI=1S/C19H24N2O3/c1-21(2)12-4-5-14-13-15(6-11-18(14)24-3)19(23)20-16-7-9-17(22)10-8-16/h6-11,13,22H,4-5,12H2,1-3H3,(H,20,23). The number of ether oxygens (including phenoxy) is 1. The molecule has 0 unspecified atom stereocenters. The number of benzene rings is 2. The van der Waals surface area contributed by atoms with Gasteiger partial charge in [0, 0.05) is 11.3 Å². The molecule has 1 amide bonds. The summed E-state index contributed by atoms with van der Waals surface area (Å²) in [5, 5.41) is 12.1. The number of methoxy groups -OCH3 is 1. The molecule has 0 aliphatic rings. The molecule has 5 nitrogen and oxygen atoms in total. The van der Waals surface area contributed by atoms with Crippen LogP contribution in [-0.4, -0.2) is 43.7 Å². The van der Waals surface area contributed by atoms with Crippen LogP contribution in [0, 0.1) is 0 Å². The van der Waals surface area contributed by atoms with Gasteiger partial charge in [-0.1, -0.05) is 0 Å². The monoisotopic (exact) mass is 328 g/mol. The molecule has 0 atom stereocenters. The van der Waals surface area contributed by atoms with Crippen LogP contribution in [0.3, 0.4) is 0 Å². The van der Waals surface area contributed by atoms with Crippen LogP contribution in [0.1, 0.15) is 22.3 Å². The number of amides is 1. The van der Waals surface area contributed by atoms with Gasteiger partial charge in [-0.3, -0.25) is 4.79 Å². The van der Waals surface area contributed by atoms with Gasteiger partial charge in [0.2, 0.25) is 0 Å². The van der Waals surface area contributed by atoms with E-state index < -0.39 is 0 Å². The largest absolute Gasteiger partial charge is 0.508 e. The molecule has 2 aromatic rings. The highest BCUT2D eigenvalue weighted by Gasteiger charge is 2.11. The summed E-state index contributed by atoms with van der Waals surface area (Å²) in [4.78, 5) is 14.5. The first-order valence-electron chi connectivity index (χ1n) is 7.91. The first kappa shape index (κ1) is 17.8. The second kappa shape index (κ2) is 8.36. The number of aromatic hydroxyl groups is 1. The summed E-state index contributed by atoms with van der Waals surface area (Å²) in [6.45, 7) is 0.979. The summed E-state index contributed by atoms with van der Waals surface area (Å²) in [7, 11) is 5.72. The topological polar surface area (TPSA) is 61.8 Å². The van der Waals surface area contributed by atoms with Crippen LogP contribution in [-0.2, 0) is 6.42 Å². The Kier molecular flexibility index (Phi) is 6.21. The van der Waals surface area contributed by atoms with Gasteiger partial charge >= 0.3 is 0 Å². The number of aryl methyl sites for hydroxylation is 1. The van der Waals surface area contributed by atoms with Crippen molar-refractivity contribution in [3.05, 3.63) is 53.6 Å². The molecule has 2 rings (SSSR count). The second-order valence-electron chi connectivity index (χ2n) is 5.93. The molecule has 128 valence electrons. The van der Waals surface area contributed by atoms with Crippen LogP contribution in [0.5, 0.6) is 11.5 Å². The van der Waals surface area contributed by atoms with Gasteiger partial charge in [0.15, 0.2) is 0 Å². The number of rotatable bonds is 7. The molecule has 0 aromatic heterocycles. The minimum atomic E-state index is -0.183. The van der Waals surface area contributed by atoms with Gasteiger partial charge in [0.05, 0.1) is 7.11 Å². The van der Waals surface area contributed by atoms with E-state index in [2.05, 4.69) is 10.2 Å². The van der Waals surface area contributed by atoms with E-state index >= 15 is 0 Å². The van der Waals surface area contributed by atoms with Gasteiger partial charge in [-0.05, 0) is 81.5 Å². The van der Waals surface area contributed by atoms with Crippen LogP contribution >= 0.6 is 0 Å². The van der Waals surface area contributed by atoms with Crippen molar-refractivity contribution in [2.75, 3.05) is 33.1 Å². The third-order valence-electron chi connectivity index (χ3n) is 3.72. The third-order valence-corrected chi connectivity index (χ3v) is 3.72. The molecule has 0 saturated carbocycles. The van der Waals surface area contributed by atoms with E-state index in [0.717, 1.165) is 30.7 Å². The number of nitrogens with one attached hydrogen (secondary N) is 1. The Morgan fingerprint density at radius 2 is 1.88 bits per heavy atom. The van der Waals surface area contributed by atoms with E-state index in [4.69, 9.17) is 4.74 Å². The third kappa shape index (κ3) is 4.99. The number of phenolic OH excluding ortho intramolecular Hbond substituents is 1. The average Bonchev–Trinajstić information content (AvgIpc) is 2.56. The van der Waals surface area contributed by atoms with E-state index in [1.807, 2.05) is 26.2 Å². The lowest BCUT2D eigenvalue weighted by Crippen LogP contribution is -2.14. The molecule has 0 radical (unpaired) electrons. The van der Waals surface area contributed by atoms with Crippen molar-refractivity contribution < 1.29 is 14.6 Å². The average molecular weight is 328 g/mol. The van der Waals surface area contributed by atoms with Crippen molar-refractivity contribution in [1.29, 1.82) is 0 Å². The fraction of sp³-hybridized carbons (Fsp3) is 0.316. The Morgan fingerprint density at radius 1 is 1.17 bits per heavy atom. The van der Waals surface area contributed by atoms with Crippen LogP contribution in [0.25, 0.3) is 0 Å². The van der Waals surface area contributed by atoms with Gasteiger partial charge < -0.3 is 20.1 Å². The highest BCUT2D eigenvalue weighted by atomic mass is 16.5. The Morgan fingerprint density at radius 3 is 2.50 bits per heavy atom. The van der Waals surface area contributed by atoms with E-state index in [1.54, 1.807) is 25.3 Å². The Labute approximate surface area is 142 Å². The smallest absolute Gasteiger partial charge is 0.255 e. The molecule has 0 aliphatic heterocycles. The van der Waals surface area contributed by atoms with Crippen molar-refractivity contribution in [2.45, 2.75) is 12.8 Å². The molecular formula is C19H24N2O3. The molecule has 24 heavy (non-hydrogen) atoms. The summed E-state index contributed by atoms with van der Waals surface area (Å²) < 4.78 is 5.40. The van der Waals surface area contributed by atoms with E-state index in [1.165, 1.54) is 12.1 Å². The molecular weight excluding hydrogens is 304 g/mol. The second-order valence-corrected chi connectivity index (χ2v) is 5.93. The normalized spacial score (nSPS) is 10.7. The number of hydrogen-bond acceptors (Lipinski definition) is 4. The number of nitrogens with zero attached hydrogens (tertiary/aromatic N) is 1. The SMILES string of the molecule is COc1ccc(C(=O)Nc2ccc(O)cc2)cc1CCCN(C)C. The zero-order valence-electron chi connectivity index (χ0n) is 14.4. The molecule has 5 heteroatoms. The fourth-order valence-electron chi connectivity index (χ4n) is 2.45. The van der Waals surface area contributed by atoms with E-state index in [9.17, 15) is 9.90 Å². The Hall–Kier alpha value is -2.53. The quantitative estimate of drug-likeness (QED) is 0.767. The van der Waals surface area contributed by atoms with E-state index in [0.29, 0.717) is 11.3 Å². The molecule has 0 fully saturated rings. The summed E-state index contributed by atoms with van der Waals surface area (Å²) in [6, 6.07) is 11.9. The van der Waals surface area contributed by atoms with Crippen LogP contribution < -0.4 is 10.1 Å².